The standard InChI is InChI=1S/C6H6N2S2/c1-5(4-7)10-6-8-2-3-9-6/h2-3,5H,1H3. The van der Waals surface area contributed by atoms with Crippen molar-refractivity contribution in [2.24, 2.45) is 0 Å². The van der Waals surface area contributed by atoms with Gasteiger partial charge in [0.25, 0.3) is 0 Å². The van der Waals surface area contributed by atoms with Gasteiger partial charge >= 0.3 is 0 Å². The Labute approximate surface area is 67.9 Å². The SMILES string of the molecule is CC(C#N)Sc1nccs1. The first-order chi connectivity index (χ1) is 4.83. The van der Waals surface area contributed by atoms with Crippen LogP contribution < -0.4 is 0 Å². The van der Waals surface area contributed by atoms with Gasteiger partial charge in [0.05, 0.1) is 11.3 Å². The second kappa shape index (κ2) is 3.59. The van der Waals surface area contributed by atoms with E-state index in [4.69, 9.17) is 5.26 Å². The van der Waals surface area contributed by atoms with Crippen molar-refractivity contribution in [2.75, 3.05) is 0 Å². The molecule has 0 bridgehead atoms. The van der Waals surface area contributed by atoms with E-state index in [1.54, 1.807) is 17.5 Å². The third kappa shape index (κ3) is 2.01. The van der Waals surface area contributed by atoms with E-state index in [0.717, 1.165) is 4.34 Å². The molecule has 0 aliphatic heterocycles. The van der Waals surface area contributed by atoms with Crippen LogP contribution in [-0.2, 0) is 0 Å². The van der Waals surface area contributed by atoms with Crippen LogP contribution >= 0.6 is 23.1 Å². The molecule has 1 atom stereocenters. The number of thioether (sulfide) groups is 1. The number of rotatable bonds is 2. The van der Waals surface area contributed by atoms with Crippen LogP contribution in [0.15, 0.2) is 15.9 Å². The minimum atomic E-state index is 0.00569. The first-order valence-electron chi connectivity index (χ1n) is 2.78. The van der Waals surface area contributed by atoms with Gasteiger partial charge in [-0.3, -0.25) is 0 Å². The van der Waals surface area contributed by atoms with Gasteiger partial charge in [0.2, 0.25) is 0 Å². The molecule has 0 saturated carbocycles. The van der Waals surface area contributed by atoms with Crippen molar-refractivity contribution in [2.45, 2.75) is 16.5 Å². The second-order valence-corrected chi connectivity index (χ2v) is 4.17. The molecule has 2 nitrogen and oxygen atoms in total. The lowest BCUT2D eigenvalue weighted by Crippen LogP contribution is -1.87. The quantitative estimate of drug-likeness (QED) is 0.638. The number of thiazole rings is 1. The summed E-state index contributed by atoms with van der Waals surface area (Å²) in [6, 6.07) is 2.13. The number of hydrogen-bond donors (Lipinski definition) is 0. The molecule has 0 radical (unpaired) electrons. The highest BCUT2D eigenvalue weighted by Gasteiger charge is 2.02. The molecular weight excluding hydrogens is 164 g/mol. The smallest absolute Gasteiger partial charge is 0.151 e. The van der Waals surface area contributed by atoms with E-state index in [2.05, 4.69) is 11.1 Å². The van der Waals surface area contributed by atoms with Crippen molar-refractivity contribution in [3.8, 4) is 6.07 Å². The molecule has 0 N–H and O–H groups in total. The molecule has 0 saturated heterocycles. The third-order valence-corrected chi connectivity index (χ3v) is 2.78. The lowest BCUT2D eigenvalue weighted by atomic mass is 10.5. The number of nitriles is 1. The zero-order valence-corrected chi connectivity index (χ0v) is 7.08. The van der Waals surface area contributed by atoms with Gasteiger partial charge in [-0.2, -0.15) is 5.26 Å². The molecule has 1 aromatic rings. The molecule has 0 spiro atoms. The summed E-state index contributed by atoms with van der Waals surface area (Å²) in [5.74, 6) is 0. The number of hydrogen-bond acceptors (Lipinski definition) is 4. The van der Waals surface area contributed by atoms with Crippen molar-refractivity contribution in [3.05, 3.63) is 11.6 Å². The maximum atomic E-state index is 8.44. The van der Waals surface area contributed by atoms with Crippen LogP contribution in [-0.4, -0.2) is 10.2 Å². The van der Waals surface area contributed by atoms with Gasteiger partial charge in [0, 0.05) is 11.6 Å². The van der Waals surface area contributed by atoms with Crippen LogP contribution in [0.5, 0.6) is 0 Å². The fourth-order valence-electron chi connectivity index (χ4n) is 0.446. The molecule has 52 valence electrons. The Kier molecular flexibility index (Phi) is 2.72. The Morgan fingerprint density at radius 1 is 1.90 bits per heavy atom. The number of nitrogens with zero attached hydrogens (tertiary/aromatic N) is 2. The minimum absolute atomic E-state index is 0.00569. The summed E-state index contributed by atoms with van der Waals surface area (Å²) in [6.07, 6.45) is 1.75. The Balaban J connectivity index is 2.50. The van der Waals surface area contributed by atoms with Crippen LogP contribution in [0.1, 0.15) is 6.92 Å². The van der Waals surface area contributed by atoms with Gasteiger partial charge in [0.15, 0.2) is 4.34 Å². The fourth-order valence-corrected chi connectivity index (χ4v) is 2.10. The molecule has 1 unspecified atom stereocenters. The zero-order valence-electron chi connectivity index (χ0n) is 5.44. The molecule has 0 aromatic carbocycles. The fraction of sp³-hybridized carbons (Fsp3) is 0.333. The normalized spacial score (nSPS) is 12.4. The van der Waals surface area contributed by atoms with Gasteiger partial charge in [-0.25, -0.2) is 4.98 Å². The Bertz CT molecular complexity index is 224. The van der Waals surface area contributed by atoms with Crippen molar-refractivity contribution in [3.63, 3.8) is 0 Å². The molecule has 0 aliphatic rings. The molecule has 1 heterocycles. The van der Waals surface area contributed by atoms with E-state index in [9.17, 15) is 0 Å². The summed E-state index contributed by atoms with van der Waals surface area (Å²) < 4.78 is 0.967. The molecule has 4 heteroatoms. The highest BCUT2D eigenvalue weighted by atomic mass is 32.2. The zero-order chi connectivity index (χ0) is 7.40. The maximum Gasteiger partial charge on any atom is 0.151 e. The maximum absolute atomic E-state index is 8.44. The Morgan fingerprint density at radius 2 is 2.70 bits per heavy atom. The average Bonchev–Trinajstić information content (AvgIpc) is 2.40. The summed E-state index contributed by atoms with van der Waals surface area (Å²) in [4.78, 5) is 4.03. The van der Waals surface area contributed by atoms with Crippen molar-refractivity contribution in [1.29, 1.82) is 5.26 Å². The highest BCUT2D eigenvalue weighted by Crippen LogP contribution is 2.23. The highest BCUT2D eigenvalue weighted by molar-refractivity contribution is 8.01. The topological polar surface area (TPSA) is 36.7 Å². The molecular formula is C6H6N2S2. The molecule has 0 aliphatic carbocycles. The van der Waals surface area contributed by atoms with E-state index in [0.29, 0.717) is 0 Å². The van der Waals surface area contributed by atoms with Gasteiger partial charge in [-0.05, 0) is 6.92 Å². The predicted molar refractivity (Wildman–Crippen MR) is 43.0 cm³/mol. The lowest BCUT2D eigenvalue weighted by molar-refractivity contribution is 1.20. The molecule has 1 rings (SSSR count). The Morgan fingerprint density at radius 3 is 3.20 bits per heavy atom. The van der Waals surface area contributed by atoms with Crippen molar-refractivity contribution in [1.82, 2.24) is 4.98 Å². The minimum Gasteiger partial charge on any atom is -0.238 e. The van der Waals surface area contributed by atoms with E-state index < -0.39 is 0 Å². The van der Waals surface area contributed by atoms with Gasteiger partial charge in [-0.1, -0.05) is 11.8 Å². The molecule has 0 fully saturated rings. The van der Waals surface area contributed by atoms with Crippen LogP contribution in [0.2, 0.25) is 0 Å². The van der Waals surface area contributed by atoms with Crippen LogP contribution in [0.25, 0.3) is 0 Å². The first kappa shape index (κ1) is 7.58. The second-order valence-electron chi connectivity index (χ2n) is 1.69. The summed E-state index contributed by atoms with van der Waals surface area (Å²) >= 11 is 3.06. The summed E-state index contributed by atoms with van der Waals surface area (Å²) in [5.41, 5.74) is 0. The van der Waals surface area contributed by atoms with E-state index in [-0.39, 0.29) is 5.25 Å². The van der Waals surface area contributed by atoms with E-state index in [1.807, 2.05) is 12.3 Å². The molecule has 0 amide bonds. The third-order valence-electron chi connectivity index (χ3n) is 0.869. The van der Waals surface area contributed by atoms with Crippen LogP contribution in [0.4, 0.5) is 0 Å². The lowest BCUT2D eigenvalue weighted by Gasteiger charge is -1.94. The number of aromatic nitrogens is 1. The molecule has 10 heavy (non-hydrogen) atoms. The van der Waals surface area contributed by atoms with Crippen LogP contribution in [0.3, 0.4) is 0 Å². The molecule has 1 aromatic heterocycles. The van der Waals surface area contributed by atoms with Gasteiger partial charge < -0.3 is 0 Å². The Hall–Kier alpha value is -0.530. The summed E-state index contributed by atoms with van der Waals surface area (Å²) in [5, 5.41) is 10.4. The largest absolute Gasteiger partial charge is 0.238 e. The van der Waals surface area contributed by atoms with Crippen molar-refractivity contribution >= 4 is 23.1 Å². The average molecular weight is 170 g/mol. The van der Waals surface area contributed by atoms with Gasteiger partial charge in [-0.15, -0.1) is 11.3 Å². The predicted octanol–water partition coefficient (Wildman–Crippen LogP) is 2.15. The van der Waals surface area contributed by atoms with Crippen molar-refractivity contribution < 1.29 is 0 Å². The summed E-state index contributed by atoms with van der Waals surface area (Å²) in [7, 11) is 0. The van der Waals surface area contributed by atoms with E-state index in [1.165, 1.54) is 11.8 Å². The monoisotopic (exact) mass is 170 g/mol. The van der Waals surface area contributed by atoms with E-state index >= 15 is 0 Å². The first-order valence-corrected chi connectivity index (χ1v) is 4.54. The van der Waals surface area contributed by atoms with Gasteiger partial charge in [0.1, 0.15) is 0 Å². The van der Waals surface area contributed by atoms with Crippen LogP contribution in [0, 0.1) is 11.3 Å². The summed E-state index contributed by atoms with van der Waals surface area (Å²) in [6.45, 7) is 1.87.